The van der Waals surface area contributed by atoms with Gasteiger partial charge >= 0.3 is 0 Å². The van der Waals surface area contributed by atoms with Crippen molar-refractivity contribution in [1.82, 2.24) is 0 Å². The Balaban J connectivity index is 2.47. The van der Waals surface area contributed by atoms with Gasteiger partial charge in [0, 0.05) is 17.6 Å². The number of ether oxygens (including phenoxy) is 1. The highest BCUT2D eigenvalue weighted by Crippen LogP contribution is 2.31. The highest BCUT2D eigenvalue weighted by atomic mass is 35.5. The van der Waals surface area contributed by atoms with Crippen molar-refractivity contribution >= 4 is 17.3 Å². The van der Waals surface area contributed by atoms with Gasteiger partial charge < -0.3 is 10.1 Å². The molecule has 0 aromatic heterocycles. The number of methoxy groups -OCH3 is 1. The minimum atomic E-state index is -0.228. The molecule has 0 aliphatic carbocycles. The maximum absolute atomic E-state index is 8.96. The van der Waals surface area contributed by atoms with Gasteiger partial charge in [0.2, 0.25) is 0 Å². The zero-order chi connectivity index (χ0) is 15.2. The molecule has 1 aromatic rings. The number of anilines is 1. The van der Waals surface area contributed by atoms with Crippen LogP contribution >= 0.6 is 11.6 Å². The monoisotopic (exact) mass is 294 g/mol. The number of nitrogens with one attached hydrogen (secondary N) is 1. The van der Waals surface area contributed by atoms with Gasteiger partial charge in [0.15, 0.2) is 0 Å². The molecule has 1 rings (SSSR count). The lowest BCUT2D eigenvalue weighted by Gasteiger charge is -2.16. The second-order valence-electron chi connectivity index (χ2n) is 5.68. The lowest BCUT2D eigenvalue weighted by Crippen LogP contribution is -2.09. The van der Waals surface area contributed by atoms with Crippen molar-refractivity contribution in [2.45, 2.75) is 40.0 Å². The lowest BCUT2D eigenvalue weighted by molar-refractivity contribution is 0.415. The first kappa shape index (κ1) is 16.7. The fourth-order valence-corrected chi connectivity index (χ4v) is 2.09. The van der Waals surface area contributed by atoms with Crippen molar-refractivity contribution in [2.75, 3.05) is 19.0 Å². The third kappa shape index (κ3) is 4.94. The van der Waals surface area contributed by atoms with Crippen LogP contribution in [0, 0.1) is 23.7 Å². The number of rotatable bonds is 7. The van der Waals surface area contributed by atoms with E-state index in [0.29, 0.717) is 5.02 Å². The van der Waals surface area contributed by atoms with E-state index < -0.39 is 0 Å². The Hall–Kier alpha value is -1.40. The number of nitrogens with zero attached hydrogens (tertiary/aromatic N) is 1. The summed E-state index contributed by atoms with van der Waals surface area (Å²) in [6.07, 6.45) is 2.97. The van der Waals surface area contributed by atoms with E-state index >= 15 is 0 Å². The number of unbranched alkanes of at least 4 members (excludes halogenated alkanes) is 1. The zero-order valence-corrected chi connectivity index (χ0v) is 13.5. The Morgan fingerprint density at radius 2 is 2.05 bits per heavy atom. The van der Waals surface area contributed by atoms with Crippen molar-refractivity contribution in [1.29, 1.82) is 5.26 Å². The molecule has 3 nitrogen and oxygen atoms in total. The standard InChI is InChI=1S/C16H23ClN2O/c1-12-9-14(15(20-4)10-13(12)17)19-8-6-5-7-16(2,3)11-18/h9-10,19H,5-8H2,1-4H3. The predicted octanol–water partition coefficient (Wildman–Crippen LogP) is 4.79. The molecule has 0 heterocycles. The molecule has 0 fully saturated rings. The summed E-state index contributed by atoms with van der Waals surface area (Å²) in [5.41, 5.74) is 1.77. The second-order valence-corrected chi connectivity index (χ2v) is 6.09. The maximum Gasteiger partial charge on any atom is 0.143 e. The van der Waals surface area contributed by atoms with Crippen molar-refractivity contribution in [3.63, 3.8) is 0 Å². The van der Waals surface area contributed by atoms with Crippen LogP contribution in [0.5, 0.6) is 5.75 Å². The SMILES string of the molecule is COc1cc(Cl)c(C)cc1NCCCCC(C)(C)C#N. The van der Waals surface area contributed by atoms with Crippen LogP contribution in [-0.4, -0.2) is 13.7 Å². The topological polar surface area (TPSA) is 45.0 Å². The zero-order valence-electron chi connectivity index (χ0n) is 12.7. The van der Waals surface area contributed by atoms with Gasteiger partial charge in [-0.1, -0.05) is 18.0 Å². The molecule has 0 amide bonds. The van der Waals surface area contributed by atoms with Gasteiger partial charge in [0.25, 0.3) is 0 Å². The molecule has 0 unspecified atom stereocenters. The molecule has 0 spiro atoms. The Kier molecular flexibility index (Phi) is 6.16. The molecule has 1 aromatic carbocycles. The van der Waals surface area contributed by atoms with Crippen LogP contribution in [-0.2, 0) is 0 Å². The number of aryl methyl sites for hydroxylation is 1. The number of hydrogen-bond donors (Lipinski definition) is 1. The van der Waals surface area contributed by atoms with Crippen LogP contribution in [0.3, 0.4) is 0 Å². The van der Waals surface area contributed by atoms with E-state index in [2.05, 4.69) is 11.4 Å². The summed E-state index contributed by atoms with van der Waals surface area (Å²) in [5.74, 6) is 0.762. The van der Waals surface area contributed by atoms with Gasteiger partial charge in [0.1, 0.15) is 5.75 Å². The first-order valence-electron chi connectivity index (χ1n) is 6.89. The van der Waals surface area contributed by atoms with E-state index in [9.17, 15) is 0 Å². The summed E-state index contributed by atoms with van der Waals surface area (Å²) in [5, 5.41) is 13.0. The van der Waals surface area contributed by atoms with E-state index in [1.165, 1.54) is 0 Å². The van der Waals surface area contributed by atoms with Gasteiger partial charge in [-0.05, 0) is 45.2 Å². The van der Waals surface area contributed by atoms with E-state index in [-0.39, 0.29) is 5.41 Å². The second kappa shape index (κ2) is 7.40. The number of halogens is 1. The number of benzene rings is 1. The van der Waals surface area contributed by atoms with Gasteiger partial charge in [-0.15, -0.1) is 0 Å². The third-order valence-corrected chi connectivity index (χ3v) is 3.73. The Morgan fingerprint density at radius 3 is 2.65 bits per heavy atom. The summed E-state index contributed by atoms with van der Waals surface area (Å²) in [6.45, 7) is 6.79. The summed E-state index contributed by atoms with van der Waals surface area (Å²) >= 11 is 6.08. The quantitative estimate of drug-likeness (QED) is 0.735. The van der Waals surface area contributed by atoms with Crippen molar-refractivity contribution in [3.8, 4) is 11.8 Å². The first-order valence-corrected chi connectivity index (χ1v) is 7.26. The average molecular weight is 295 g/mol. The van der Waals surface area contributed by atoms with E-state index in [4.69, 9.17) is 21.6 Å². The minimum absolute atomic E-state index is 0.228. The normalized spacial score (nSPS) is 11.0. The van der Waals surface area contributed by atoms with Gasteiger partial charge in [-0.3, -0.25) is 0 Å². The Labute approximate surface area is 126 Å². The molecule has 20 heavy (non-hydrogen) atoms. The average Bonchev–Trinajstić information content (AvgIpc) is 2.41. The van der Waals surface area contributed by atoms with Crippen LogP contribution in [0.2, 0.25) is 5.02 Å². The fourth-order valence-electron chi connectivity index (χ4n) is 1.94. The Bertz CT molecular complexity index is 492. The fraction of sp³-hybridized carbons (Fsp3) is 0.562. The summed E-state index contributed by atoms with van der Waals surface area (Å²) in [4.78, 5) is 0. The van der Waals surface area contributed by atoms with Crippen LogP contribution in [0.25, 0.3) is 0 Å². The molecule has 1 N–H and O–H groups in total. The van der Waals surface area contributed by atoms with Crippen LogP contribution in [0.15, 0.2) is 12.1 Å². The van der Waals surface area contributed by atoms with Crippen LogP contribution < -0.4 is 10.1 Å². The van der Waals surface area contributed by atoms with Crippen LogP contribution in [0.1, 0.15) is 38.7 Å². The largest absolute Gasteiger partial charge is 0.495 e. The molecule has 0 aliphatic rings. The molecule has 0 radical (unpaired) electrons. The number of nitriles is 1. The van der Waals surface area contributed by atoms with E-state index in [1.807, 2.05) is 32.9 Å². The first-order chi connectivity index (χ1) is 9.39. The predicted molar refractivity (Wildman–Crippen MR) is 84.5 cm³/mol. The molecule has 0 aliphatic heterocycles. The van der Waals surface area contributed by atoms with Gasteiger partial charge in [-0.2, -0.15) is 5.26 Å². The summed E-state index contributed by atoms with van der Waals surface area (Å²) in [6, 6.07) is 6.16. The molecular weight excluding hydrogens is 272 g/mol. The molecule has 0 bridgehead atoms. The lowest BCUT2D eigenvalue weighted by atomic mass is 9.89. The van der Waals surface area contributed by atoms with Crippen LogP contribution in [0.4, 0.5) is 5.69 Å². The summed E-state index contributed by atoms with van der Waals surface area (Å²) < 4.78 is 5.32. The molecule has 110 valence electrons. The maximum atomic E-state index is 8.96. The molecule has 0 saturated heterocycles. The van der Waals surface area contributed by atoms with Crippen molar-refractivity contribution in [3.05, 3.63) is 22.7 Å². The third-order valence-electron chi connectivity index (χ3n) is 3.33. The smallest absolute Gasteiger partial charge is 0.143 e. The molecule has 0 saturated carbocycles. The van der Waals surface area contributed by atoms with E-state index in [0.717, 1.165) is 42.8 Å². The van der Waals surface area contributed by atoms with E-state index in [1.54, 1.807) is 7.11 Å². The van der Waals surface area contributed by atoms with Gasteiger partial charge in [0.05, 0.1) is 24.3 Å². The number of hydrogen-bond acceptors (Lipinski definition) is 3. The molecule has 0 atom stereocenters. The molecule has 4 heteroatoms. The summed E-state index contributed by atoms with van der Waals surface area (Å²) in [7, 11) is 1.64. The highest BCUT2D eigenvalue weighted by Gasteiger charge is 2.15. The molecular formula is C16H23ClN2O. The highest BCUT2D eigenvalue weighted by molar-refractivity contribution is 6.31. The van der Waals surface area contributed by atoms with Gasteiger partial charge in [-0.25, -0.2) is 0 Å². The Morgan fingerprint density at radius 1 is 1.35 bits per heavy atom. The van der Waals surface area contributed by atoms with Crippen molar-refractivity contribution < 1.29 is 4.74 Å². The minimum Gasteiger partial charge on any atom is -0.495 e. The van der Waals surface area contributed by atoms with Crippen molar-refractivity contribution in [2.24, 2.45) is 5.41 Å².